The van der Waals surface area contributed by atoms with E-state index in [0.717, 1.165) is 16.7 Å². The van der Waals surface area contributed by atoms with Crippen molar-refractivity contribution in [3.8, 4) is 0 Å². The molecule has 0 bridgehead atoms. The van der Waals surface area contributed by atoms with Gasteiger partial charge in [0.1, 0.15) is 11.0 Å². The summed E-state index contributed by atoms with van der Waals surface area (Å²) in [4.78, 5) is 22.6. The van der Waals surface area contributed by atoms with Crippen molar-refractivity contribution in [1.82, 2.24) is 9.78 Å². The molecule has 1 aromatic carbocycles. The fourth-order valence-corrected chi connectivity index (χ4v) is 2.90. The van der Waals surface area contributed by atoms with Gasteiger partial charge in [0, 0.05) is 5.56 Å². The van der Waals surface area contributed by atoms with E-state index in [4.69, 9.17) is 0 Å². The van der Waals surface area contributed by atoms with Gasteiger partial charge >= 0.3 is 5.82 Å². The van der Waals surface area contributed by atoms with Crippen molar-refractivity contribution in [3.05, 3.63) is 55.2 Å². The van der Waals surface area contributed by atoms with Gasteiger partial charge in [0.25, 0.3) is 0 Å². The highest BCUT2D eigenvalue weighted by Crippen LogP contribution is 2.23. The molecule has 6 nitrogen and oxygen atoms in total. The number of aromatic nitrogens is 2. The van der Waals surface area contributed by atoms with E-state index < -0.39 is 4.92 Å². The fraction of sp³-hybridized carbons (Fsp3) is 0.286. The van der Waals surface area contributed by atoms with Crippen molar-refractivity contribution in [3.63, 3.8) is 0 Å². The molecule has 0 aliphatic carbocycles. The van der Waals surface area contributed by atoms with E-state index in [1.165, 1.54) is 10.9 Å². The maximum Gasteiger partial charge on any atom is 0.404 e. The van der Waals surface area contributed by atoms with E-state index in [1.54, 1.807) is 0 Å². The average Bonchev–Trinajstić information content (AvgIpc) is 2.68. The Bertz CT molecular complexity index is 714. The number of aryl methyl sites for hydroxylation is 3. The molecule has 1 heterocycles. The molecule has 0 fully saturated rings. The number of carbonyl (C=O) groups excluding carboxylic acids is 1. The number of ketones is 1. The molecule has 0 saturated carbocycles. The summed E-state index contributed by atoms with van der Waals surface area (Å²) in [6.07, 6.45) is 1.44. The first-order chi connectivity index (χ1) is 9.79. The van der Waals surface area contributed by atoms with Crippen molar-refractivity contribution < 1.29 is 9.72 Å². The zero-order valence-electron chi connectivity index (χ0n) is 11.9. The van der Waals surface area contributed by atoms with Crippen molar-refractivity contribution in [2.75, 3.05) is 0 Å². The summed E-state index contributed by atoms with van der Waals surface area (Å²) < 4.78 is 1.54. The van der Waals surface area contributed by atoms with E-state index in [-0.39, 0.29) is 22.6 Å². The topological polar surface area (TPSA) is 78.0 Å². The molecule has 0 atom stereocenters. The Labute approximate surface area is 130 Å². The van der Waals surface area contributed by atoms with Gasteiger partial charge in [-0.25, -0.2) is 0 Å². The van der Waals surface area contributed by atoms with Crippen LogP contribution >= 0.6 is 15.9 Å². The SMILES string of the molecule is Cc1cc(C)c(C(=O)Cn2cc(Br)c([N+](=O)[O-])n2)c(C)c1. The minimum Gasteiger partial charge on any atom is -0.358 e. The number of rotatable bonds is 4. The van der Waals surface area contributed by atoms with Crippen LogP contribution in [0.25, 0.3) is 0 Å². The van der Waals surface area contributed by atoms with Gasteiger partial charge in [-0.3, -0.25) is 4.79 Å². The Morgan fingerprint density at radius 3 is 2.38 bits per heavy atom. The fourth-order valence-electron chi connectivity index (χ4n) is 2.44. The van der Waals surface area contributed by atoms with Crippen LogP contribution < -0.4 is 0 Å². The van der Waals surface area contributed by atoms with Gasteiger partial charge in [0.05, 0.1) is 11.3 Å². The number of carbonyl (C=O) groups is 1. The maximum atomic E-state index is 12.4. The second-order valence-corrected chi connectivity index (χ2v) is 5.81. The predicted octanol–water partition coefficient (Wildman–Crippen LogP) is 3.36. The molecule has 0 amide bonds. The molecule has 2 aromatic rings. The van der Waals surface area contributed by atoms with E-state index >= 15 is 0 Å². The van der Waals surface area contributed by atoms with Gasteiger partial charge in [-0.05, 0) is 52.8 Å². The number of nitrogens with zero attached hydrogens (tertiary/aromatic N) is 3. The molecule has 0 aliphatic rings. The summed E-state index contributed by atoms with van der Waals surface area (Å²) in [6, 6.07) is 3.89. The number of hydrogen-bond donors (Lipinski definition) is 0. The van der Waals surface area contributed by atoms with Gasteiger partial charge < -0.3 is 10.1 Å². The summed E-state index contributed by atoms with van der Waals surface area (Å²) in [5.41, 5.74) is 3.55. The standard InChI is InChI=1S/C14H14BrN3O3/c1-8-4-9(2)13(10(3)5-8)12(19)7-17-6-11(15)14(16-17)18(20)21/h4-6H,7H2,1-3H3. The highest BCUT2D eigenvalue weighted by Gasteiger charge is 2.21. The zero-order chi connectivity index (χ0) is 15.7. The van der Waals surface area contributed by atoms with E-state index in [0.29, 0.717) is 5.56 Å². The van der Waals surface area contributed by atoms with Crippen LogP contribution in [0.5, 0.6) is 0 Å². The summed E-state index contributed by atoms with van der Waals surface area (Å²) in [5, 5.41) is 14.6. The summed E-state index contributed by atoms with van der Waals surface area (Å²) in [5.74, 6) is -0.407. The third-order valence-electron chi connectivity index (χ3n) is 3.13. The van der Waals surface area contributed by atoms with Crippen LogP contribution in [-0.4, -0.2) is 20.5 Å². The Morgan fingerprint density at radius 2 is 1.90 bits per heavy atom. The van der Waals surface area contributed by atoms with Crippen molar-refractivity contribution in [2.24, 2.45) is 0 Å². The molecule has 0 unspecified atom stereocenters. The number of halogens is 1. The summed E-state index contributed by atoms with van der Waals surface area (Å²) in [6.45, 7) is 5.71. The number of Topliss-reactive ketones (excluding diaryl/α,β-unsaturated/α-hetero) is 1. The largest absolute Gasteiger partial charge is 0.404 e. The smallest absolute Gasteiger partial charge is 0.358 e. The van der Waals surface area contributed by atoms with Crippen LogP contribution in [0, 0.1) is 30.9 Å². The molecule has 1 aromatic heterocycles. The zero-order valence-corrected chi connectivity index (χ0v) is 13.5. The Kier molecular flexibility index (Phi) is 4.22. The number of benzene rings is 1. The Balaban J connectivity index is 2.31. The van der Waals surface area contributed by atoms with Gasteiger partial charge in [0.2, 0.25) is 0 Å². The van der Waals surface area contributed by atoms with Crippen molar-refractivity contribution in [2.45, 2.75) is 27.3 Å². The molecule has 0 spiro atoms. The first-order valence-corrected chi connectivity index (χ1v) is 7.07. The Hall–Kier alpha value is -2.02. The van der Waals surface area contributed by atoms with Gasteiger partial charge in [-0.2, -0.15) is 4.68 Å². The number of hydrogen-bond acceptors (Lipinski definition) is 4. The molecule has 0 N–H and O–H groups in total. The van der Waals surface area contributed by atoms with Crippen molar-refractivity contribution in [1.29, 1.82) is 0 Å². The average molecular weight is 352 g/mol. The molecule has 0 saturated heterocycles. The molecule has 0 aliphatic heterocycles. The summed E-state index contributed by atoms with van der Waals surface area (Å²) >= 11 is 3.07. The van der Waals surface area contributed by atoms with Gasteiger partial charge in [-0.15, -0.1) is 0 Å². The van der Waals surface area contributed by atoms with E-state index in [2.05, 4.69) is 21.0 Å². The third-order valence-corrected chi connectivity index (χ3v) is 3.69. The Morgan fingerprint density at radius 1 is 1.33 bits per heavy atom. The van der Waals surface area contributed by atoms with Crippen LogP contribution in [0.3, 0.4) is 0 Å². The van der Waals surface area contributed by atoms with E-state index in [1.807, 2.05) is 32.9 Å². The lowest BCUT2D eigenvalue weighted by Crippen LogP contribution is -2.14. The minimum atomic E-state index is -0.590. The molecule has 2 rings (SSSR count). The predicted molar refractivity (Wildman–Crippen MR) is 81.6 cm³/mol. The highest BCUT2D eigenvalue weighted by molar-refractivity contribution is 9.10. The quantitative estimate of drug-likeness (QED) is 0.480. The lowest BCUT2D eigenvalue weighted by Gasteiger charge is -2.09. The highest BCUT2D eigenvalue weighted by atomic mass is 79.9. The summed E-state index contributed by atoms with van der Waals surface area (Å²) in [7, 11) is 0. The first kappa shape index (κ1) is 15.4. The van der Waals surface area contributed by atoms with Gasteiger partial charge in [0.15, 0.2) is 5.78 Å². The maximum absolute atomic E-state index is 12.4. The van der Waals surface area contributed by atoms with Crippen LogP contribution in [0.4, 0.5) is 5.82 Å². The number of nitro groups is 1. The molecule has 110 valence electrons. The molecule has 21 heavy (non-hydrogen) atoms. The van der Waals surface area contributed by atoms with E-state index in [9.17, 15) is 14.9 Å². The van der Waals surface area contributed by atoms with Gasteiger partial charge in [-0.1, -0.05) is 17.7 Å². The second kappa shape index (κ2) is 5.77. The van der Waals surface area contributed by atoms with Crippen LogP contribution in [0.2, 0.25) is 0 Å². The lowest BCUT2D eigenvalue weighted by molar-refractivity contribution is -0.390. The van der Waals surface area contributed by atoms with Crippen LogP contribution in [-0.2, 0) is 6.54 Å². The molecular formula is C14H14BrN3O3. The lowest BCUT2D eigenvalue weighted by atomic mass is 9.96. The van der Waals surface area contributed by atoms with Crippen molar-refractivity contribution >= 4 is 27.5 Å². The third kappa shape index (κ3) is 3.18. The second-order valence-electron chi connectivity index (χ2n) is 4.95. The molecular weight excluding hydrogens is 338 g/mol. The van der Waals surface area contributed by atoms with Crippen LogP contribution in [0.1, 0.15) is 27.0 Å². The normalized spacial score (nSPS) is 10.7. The monoisotopic (exact) mass is 351 g/mol. The first-order valence-electron chi connectivity index (χ1n) is 6.28. The molecule has 7 heteroatoms. The van der Waals surface area contributed by atoms with Crippen LogP contribution in [0.15, 0.2) is 22.8 Å². The molecule has 0 radical (unpaired) electrons. The minimum absolute atomic E-state index is 0.0306.